The molecule has 0 aromatic heterocycles. The summed E-state index contributed by atoms with van der Waals surface area (Å²) in [5.74, 6) is 1.63. The van der Waals surface area contributed by atoms with E-state index in [1.54, 1.807) is 12.7 Å². The minimum Gasteiger partial charge on any atom is -0.469 e. The van der Waals surface area contributed by atoms with E-state index in [9.17, 15) is 9.90 Å². The van der Waals surface area contributed by atoms with E-state index in [2.05, 4.69) is 47.6 Å². The van der Waals surface area contributed by atoms with Gasteiger partial charge in [-0.2, -0.15) is 0 Å². The van der Waals surface area contributed by atoms with Gasteiger partial charge >= 0.3 is 5.97 Å². The van der Waals surface area contributed by atoms with Gasteiger partial charge in [-0.25, -0.2) is 0 Å². The van der Waals surface area contributed by atoms with E-state index in [0.717, 1.165) is 38.5 Å². The Morgan fingerprint density at radius 1 is 0.971 bits per heavy atom. The number of aliphatic hydroxyl groups is 1. The lowest BCUT2D eigenvalue weighted by Gasteiger charge is -2.71. The number of carbonyl (C=O) groups excluding carboxylic acids is 1. The number of rotatable bonds is 2. The Kier molecular flexibility index (Phi) is 5.55. The Bertz CT molecular complexity index is 889. The molecular formula is C31H50O3. The third kappa shape index (κ3) is 3.00. The predicted molar refractivity (Wildman–Crippen MR) is 137 cm³/mol. The van der Waals surface area contributed by atoms with Gasteiger partial charge < -0.3 is 9.84 Å². The molecule has 34 heavy (non-hydrogen) atoms. The fraction of sp³-hybridized carbons (Fsp3) is 0.903. The van der Waals surface area contributed by atoms with Crippen molar-refractivity contribution in [2.45, 2.75) is 112 Å². The zero-order valence-electron chi connectivity index (χ0n) is 23.1. The molecule has 8 atom stereocenters. The van der Waals surface area contributed by atoms with E-state index in [-0.39, 0.29) is 38.5 Å². The maximum absolute atomic E-state index is 13.3. The molecule has 0 aliphatic heterocycles. The highest BCUT2D eigenvalue weighted by molar-refractivity contribution is 5.78. The summed E-state index contributed by atoms with van der Waals surface area (Å²) in [6.45, 7) is 15.3. The van der Waals surface area contributed by atoms with Gasteiger partial charge in [0.1, 0.15) is 0 Å². The lowest BCUT2D eigenvalue weighted by atomic mass is 9.33. The minimum atomic E-state index is -0.319. The van der Waals surface area contributed by atoms with Crippen molar-refractivity contribution in [1.82, 2.24) is 0 Å². The van der Waals surface area contributed by atoms with Crippen molar-refractivity contribution in [2.75, 3.05) is 13.7 Å². The second-order valence-electron chi connectivity index (χ2n) is 15.0. The monoisotopic (exact) mass is 470 g/mol. The second kappa shape index (κ2) is 7.59. The average molecular weight is 471 g/mol. The van der Waals surface area contributed by atoms with Crippen molar-refractivity contribution in [2.24, 2.45) is 50.2 Å². The van der Waals surface area contributed by atoms with Crippen LogP contribution in [0.5, 0.6) is 0 Å². The van der Waals surface area contributed by atoms with Crippen molar-refractivity contribution in [3.8, 4) is 0 Å². The van der Waals surface area contributed by atoms with Crippen LogP contribution in [0.1, 0.15) is 112 Å². The maximum Gasteiger partial charge on any atom is 0.312 e. The largest absolute Gasteiger partial charge is 0.469 e. The summed E-state index contributed by atoms with van der Waals surface area (Å²) in [7, 11) is 1.59. The Morgan fingerprint density at radius 3 is 2.35 bits per heavy atom. The smallest absolute Gasteiger partial charge is 0.312 e. The van der Waals surface area contributed by atoms with Crippen LogP contribution in [0.4, 0.5) is 0 Å². The van der Waals surface area contributed by atoms with Crippen molar-refractivity contribution in [3.63, 3.8) is 0 Å². The van der Waals surface area contributed by atoms with Crippen molar-refractivity contribution < 1.29 is 14.6 Å². The molecule has 0 aromatic carbocycles. The van der Waals surface area contributed by atoms with Gasteiger partial charge in [0.2, 0.25) is 0 Å². The van der Waals surface area contributed by atoms with Crippen molar-refractivity contribution in [3.05, 3.63) is 11.6 Å². The summed E-state index contributed by atoms with van der Waals surface area (Å²) in [4.78, 5) is 13.3. The standard InChI is InChI=1S/C31H50O3/c1-26(2)15-17-31(25(33)34-7)18-16-29(5)21(22(31)19-26)9-10-24-28(4)13-8-12-27(3,20-32)23(28)11-14-30(24,29)6/h9,22-24,32H,8,10-20H2,1-7H3/t22-,23-,24+,27-,28-,29+,30+,31-/m0/s1. The van der Waals surface area contributed by atoms with E-state index in [0.29, 0.717) is 24.4 Å². The number of ether oxygens (including phenoxy) is 1. The first-order chi connectivity index (χ1) is 15.8. The zero-order valence-corrected chi connectivity index (χ0v) is 23.1. The van der Waals surface area contributed by atoms with Crippen LogP contribution in [0.3, 0.4) is 0 Å². The average Bonchev–Trinajstić information content (AvgIpc) is 2.78. The molecule has 0 spiro atoms. The first-order valence-electron chi connectivity index (χ1n) is 14.2. The van der Waals surface area contributed by atoms with Gasteiger partial charge in [-0.15, -0.1) is 0 Å². The van der Waals surface area contributed by atoms with E-state index in [1.165, 1.54) is 32.1 Å². The lowest BCUT2D eigenvalue weighted by molar-refractivity contribution is -0.194. The minimum absolute atomic E-state index is 0.0462. The van der Waals surface area contributed by atoms with Gasteiger partial charge in [-0.05, 0) is 109 Å². The van der Waals surface area contributed by atoms with Crippen molar-refractivity contribution in [1.29, 1.82) is 0 Å². The number of fused-ring (bicyclic) bond motifs is 7. The first-order valence-corrected chi connectivity index (χ1v) is 14.2. The normalized spacial score (nSPS) is 51.8. The van der Waals surface area contributed by atoms with Gasteiger partial charge in [0.05, 0.1) is 12.5 Å². The van der Waals surface area contributed by atoms with Gasteiger partial charge in [-0.1, -0.05) is 59.6 Å². The topological polar surface area (TPSA) is 46.5 Å². The SMILES string of the molecule is COC(=O)[C@]12CCC(C)(C)C[C@H]1C1=CC[C@@H]3[C@@]4(C)CCC[C@@](C)(CO)[C@@H]4CC[C@@]3(C)[C@]1(C)CC2. The fourth-order valence-electron chi connectivity index (χ4n) is 10.9. The lowest BCUT2D eigenvalue weighted by Crippen LogP contribution is -2.64. The molecule has 1 N–H and O–H groups in total. The number of esters is 1. The number of carbonyl (C=O) groups is 1. The third-order valence-electron chi connectivity index (χ3n) is 13.2. The first kappa shape index (κ1) is 24.8. The van der Waals surface area contributed by atoms with Crippen LogP contribution in [-0.4, -0.2) is 24.8 Å². The zero-order chi connectivity index (χ0) is 24.8. The molecule has 0 amide bonds. The maximum atomic E-state index is 13.3. The summed E-state index contributed by atoms with van der Waals surface area (Å²) < 4.78 is 5.49. The molecule has 3 nitrogen and oxygen atoms in total. The van der Waals surface area contributed by atoms with Crippen molar-refractivity contribution >= 4 is 5.97 Å². The summed E-state index contributed by atoms with van der Waals surface area (Å²) in [6.07, 6.45) is 15.3. The molecule has 192 valence electrons. The molecule has 0 heterocycles. The second-order valence-corrected chi connectivity index (χ2v) is 15.0. The Balaban J connectivity index is 1.60. The predicted octanol–water partition coefficient (Wildman–Crippen LogP) is 7.32. The summed E-state index contributed by atoms with van der Waals surface area (Å²) in [5, 5.41) is 10.4. The van der Waals surface area contributed by atoms with E-state index < -0.39 is 0 Å². The van der Waals surface area contributed by atoms with E-state index in [1.807, 2.05) is 0 Å². The molecule has 4 saturated carbocycles. The highest BCUT2D eigenvalue weighted by Gasteiger charge is 2.68. The molecule has 0 unspecified atom stereocenters. The molecular weight excluding hydrogens is 420 g/mol. The van der Waals surface area contributed by atoms with E-state index >= 15 is 0 Å². The summed E-state index contributed by atoms with van der Waals surface area (Å²) >= 11 is 0. The Labute approximate surface area is 208 Å². The quantitative estimate of drug-likeness (QED) is 0.339. The Morgan fingerprint density at radius 2 is 1.68 bits per heavy atom. The van der Waals surface area contributed by atoms with Gasteiger partial charge in [-0.3, -0.25) is 4.79 Å². The van der Waals surface area contributed by atoms with Crippen LogP contribution in [0.2, 0.25) is 0 Å². The molecule has 4 fully saturated rings. The van der Waals surface area contributed by atoms with Crippen LogP contribution in [-0.2, 0) is 9.53 Å². The van der Waals surface area contributed by atoms with E-state index in [4.69, 9.17) is 4.74 Å². The molecule has 0 bridgehead atoms. The van der Waals surface area contributed by atoms with Gasteiger partial charge in [0, 0.05) is 6.61 Å². The number of allylic oxidation sites excluding steroid dienone is 2. The Hall–Kier alpha value is -0.830. The van der Waals surface area contributed by atoms with Crippen LogP contribution in [0.15, 0.2) is 11.6 Å². The van der Waals surface area contributed by atoms with Gasteiger partial charge in [0.15, 0.2) is 0 Å². The van der Waals surface area contributed by atoms with Crippen LogP contribution >= 0.6 is 0 Å². The number of hydrogen-bond acceptors (Lipinski definition) is 3. The van der Waals surface area contributed by atoms with Crippen LogP contribution < -0.4 is 0 Å². The third-order valence-corrected chi connectivity index (χ3v) is 13.2. The molecule has 3 heteroatoms. The molecule has 5 rings (SSSR count). The van der Waals surface area contributed by atoms with Crippen LogP contribution in [0.25, 0.3) is 0 Å². The number of aliphatic hydroxyl groups excluding tert-OH is 1. The molecule has 0 radical (unpaired) electrons. The number of methoxy groups -OCH3 is 1. The highest BCUT2D eigenvalue weighted by atomic mass is 16.5. The summed E-state index contributed by atoms with van der Waals surface area (Å²) in [6, 6.07) is 0. The summed E-state index contributed by atoms with van der Waals surface area (Å²) in [5.41, 5.74) is 2.32. The number of hydrogen-bond donors (Lipinski definition) is 1. The molecule has 5 aliphatic carbocycles. The van der Waals surface area contributed by atoms with Gasteiger partial charge in [0.25, 0.3) is 0 Å². The highest BCUT2D eigenvalue weighted by Crippen LogP contribution is 2.75. The molecule has 0 saturated heterocycles. The molecule has 5 aliphatic rings. The van der Waals surface area contributed by atoms with Crippen LogP contribution in [0, 0.1) is 50.2 Å². The fourth-order valence-corrected chi connectivity index (χ4v) is 10.9. The molecule has 0 aromatic rings.